The molecule has 0 radical (unpaired) electrons. The Labute approximate surface area is 131 Å². The van der Waals surface area contributed by atoms with Gasteiger partial charge in [0.25, 0.3) is 11.6 Å². The highest BCUT2D eigenvalue weighted by Crippen LogP contribution is 2.28. The number of non-ortho nitro benzene ring substituents is 1. The molecule has 0 aliphatic carbocycles. The molecule has 1 heterocycles. The zero-order chi connectivity index (χ0) is 16.1. The van der Waals surface area contributed by atoms with Gasteiger partial charge >= 0.3 is 0 Å². The number of carbonyl (C=O) groups excluding carboxylic acids is 1. The molecule has 1 N–H and O–H groups in total. The van der Waals surface area contributed by atoms with Crippen molar-refractivity contribution in [3.05, 3.63) is 57.5 Å². The number of benzene rings is 1. The fraction of sp³-hybridized carbons (Fsp3) is 0.214. The van der Waals surface area contributed by atoms with Crippen LogP contribution in [0.15, 0.2) is 41.0 Å². The monoisotopic (exact) mass is 324 g/mol. The molecule has 8 heteroatoms. The second-order valence-electron chi connectivity index (χ2n) is 4.47. The zero-order valence-electron chi connectivity index (χ0n) is 11.6. The molecular formula is C14H13ClN2O5. The fourth-order valence-corrected chi connectivity index (χ4v) is 1.98. The number of nitrogens with zero attached hydrogens (tertiary/aromatic N) is 1. The van der Waals surface area contributed by atoms with Crippen molar-refractivity contribution in [1.29, 1.82) is 0 Å². The highest BCUT2D eigenvalue weighted by atomic mass is 35.5. The molecule has 1 aromatic carbocycles. The summed E-state index contributed by atoms with van der Waals surface area (Å²) in [5, 5.41) is 13.4. The smallest absolute Gasteiger partial charge is 0.271 e. The highest BCUT2D eigenvalue weighted by molar-refractivity contribution is 6.32. The van der Waals surface area contributed by atoms with Gasteiger partial charge in [0.05, 0.1) is 22.3 Å². The second-order valence-corrected chi connectivity index (χ2v) is 4.87. The number of hydrogen-bond donors (Lipinski definition) is 1. The van der Waals surface area contributed by atoms with Crippen molar-refractivity contribution in [1.82, 2.24) is 5.32 Å². The van der Waals surface area contributed by atoms with E-state index in [4.69, 9.17) is 20.8 Å². The first kappa shape index (κ1) is 15.8. The van der Waals surface area contributed by atoms with E-state index in [-0.39, 0.29) is 35.0 Å². The minimum atomic E-state index is -0.562. The minimum Gasteiger partial charge on any atom is -0.482 e. The summed E-state index contributed by atoms with van der Waals surface area (Å²) in [4.78, 5) is 21.8. The number of rotatable bonds is 6. The molecule has 2 rings (SSSR count). The summed E-state index contributed by atoms with van der Waals surface area (Å²) >= 11 is 5.87. The van der Waals surface area contributed by atoms with E-state index in [0.29, 0.717) is 5.76 Å². The molecule has 0 aliphatic rings. The van der Waals surface area contributed by atoms with Crippen molar-refractivity contribution < 1.29 is 18.9 Å². The maximum absolute atomic E-state index is 11.8. The van der Waals surface area contributed by atoms with E-state index in [1.807, 2.05) is 0 Å². The Balaban J connectivity index is 1.90. The quantitative estimate of drug-likeness (QED) is 0.650. The van der Waals surface area contributed by atoms with Gasteiger partial charge in [0.1, 0.15) is 11.5 Å². The van der Waals surface area contributed by atoms with Crippen LogP contribution in [0.2, 0.25) is 5.02 Å². The Morgan fingerprint density at radius 3 is 2.86 bits per heavy atom. The fourth-order valence-electron chi connectivity index (χ4n) is 1.76. The van der Waals surface area contributed by atoms with Crippen molar-refractivity contribution in [3.63, 3.8) is 0 Å². The van der Waals surface area contributed by atoms with Gasteiger partial charge in [-0.15, -0.1) is 0 Å². The molecule has 0 saturated carbocycles. The summed E-state index contributed by atoms with van der Waals surface area (Å²) in [5.74, 6) is 0.466. The van der Waals surface area contributed by atoms with Crippen LogP contribution in [0.1, 0.15) is 18.7 Å². The van der Waals surface area contributed by atoms with E-state index in [9.17, 15) is 14.9 Å². The van der Waals surface area contributed by atoms with Crippen LogP contribution in [0.5, 0.6) is 5.75 Å². The third kappa shape index (κ3) is 3.98. The van der Waals surface area contributed by atoms with Gasteiger partial charge in [-0.05, 0) is 25.1 Å². The lowest BCUT2D eigenvalue weighted by Crippen LogP contribution is -2.31. The molecule has 116 valence electrons. The Bertz CT molecular complexity index is 672. The molecule has 7 nitrogen and oxygen atoms in total. The van der Waals surface area contributed by atoms with Crippen molar-refractivity contribution in [2.45, 2.75) is 13.0 Å². The van der Waals surface area contributed by atoms with E-state index < -0.39 is 4.92 Å². The van der Waals surface area contributed by atoms with Crippen LogP contribution in [-0.2, 0) is 4.79 Å². The van der Waals surface area contributed by atoms with Crippen molar-refractivity contribution in [2.24, 2.45) is 0 Å². The van der Waals surface area contributed by atoms with Crippen LogP contribution in [-0.4, -0.2) is 17.4 Å². The minimum absolute atomic E-state index is 0.0704. The third-order valence-electron chi connectivity index (χ3n) is 2.83. The van der Waals surface area contributed by atoms with Crippen molar-refractivity contribution in [3.8, 4) is 5.75 Å². The Morgan fingerprint density at radius 1 is 1.50 bits per heavy atom. The van der Waals surface area contributed by atoms with E-state index in [1.54, 1.807) is 19.1 Å². The molecule has 1 aromatic heterocycles. The molecule has 1 amide bonds. The number of nitro benzene ring substituents is 1. The number of carbonyl (C=O) groups is 1. The Kier molecular flexibility index (Phi) is 5.00. The van der Waals surface area contributed by atoms with E-state index in [0.717, 1.165) is 0 Å². The number of nitrogens with one attached hydrogen (secondary N) is 1. The number of furan rings is 1. The maximum atomic E-state index is 11.8. The van der Waals surface area contributed by atoms with Gasteiger partial charge in [0.15, 0.2) is 6.61 Å². The molecule has 0 fully saturated rings. The Morgan fingerprint density at radius 2 is 2.27 bits per heavy atom. The van der Waals surface area contributed by atoms with Crippen molar-refractivity contribution in [2.75, 3.05) is 6.61 Å². The number of nitro groups is 1. The molecule has 2 aromatic rings. The second kappa shape index (κ2) is 6.95. The van der Waals surface area contributed by atoms with Gasteiger partial charge in [-0.2, -0.15) is 0 Å². The number of ether oxygens (including phenoxy) is 1. The first-order valence-corrected chi connectivity index (χ1v) is 6.74. The van der Waals surface area contributed by atoms with Gasteiger partial charge in [-0.25, -0.2) is 0 Å². The van der Waals surface area contributed by atoms with Gasteiger partial charge in [-0.1, -0.05) is 11.6 Å². The predicted octanol–water partition coefficient (Wildman–Crippen LogP) is 3.10. The molecular weight excluding hydrogens is 312 g/mol. The average Bonchev–Trinajstić information content (AvgIpc) is 3.00. The van der Waals surface area contributed by atoms with Crippen LogP contribution in [0.25, 0.3) is 0 Å². The van der Waals surface area contributed by atoms with E-state index in [1.165, 1.54) is 24.5 Å². The van der Waals surface area contributed by atoms with Gasteiger partial charge in [-0.3, -0.25) is 14.9 Å². The lowest BCUT2D eigenvalue weighted by atomic mass is 10.2. The SMILES string of the molecule is C[C@@H](NC(=O)COc1ccc([N+](=O)[O-])cc1Cl)c1ccco1. The standard InChI is InChI=1S/C14H13ClN2O5/c1-9(12-3-2-6-21-12)16-14(18)8-22-13-5-4-10(17(19)20)7-11(13)15/h2-7,9H,8H2,1H3,(H,16,18)/t9-/m1/s1. The lowest BCUT2D eigenvalue weighted by molar-refractivity contribution is -0.384. The van der Waals surface area contributed by atoms with Gasteiger partial charge in [0, 0.05) is 12.1 Å². The van der Waals surface area contributed by atoms with Gasteiger partial charge in [0.2, 0.25) is 0 Å². The van der Waals surface area contributed by atoms with Crippen molar-refractivity contribution >= 4 is 23.2 Å². The predicted molar refractivity (Wildman–Crippen MR) is 78.9 cm³/mol. The first-order chi connectivity index (χ1) is 10.5. The lowest BCUT2D eigenvalue weighted by Gasteiger charge is -2.12. The van der Waals surface area contributed by atoms with Crippen LogP contribution in [0, 0.1) is 10.1 Å². The highest BCUT2D eigenvalue weighted by Gasteiger charge is 2.14. The van der Waals surface area contributed by atoms with Crippen LogP contribution in [0.3, 0.4) is 0 Å². The summed E-state index contributed by atoms with van der Waals surface area (Å²) < 4.78 is 10.4. The molecule has 0 bridgehead atoms. The summed E-state index contributed by atoms with van der Waals surface area (Å²) in [7, 11) is 0. The molecule has 0 unspecified atom stereocenters. The van der Waals surface area contributed by atoms with Crippen LogP contribution >= 0.6 is 11.6 Å². The number of halogens is 1. The Hall–Kier alpha value is -2.54. The molecule has 0 aliphatic heterocycles. The van der Waals surface area contributed by atoms with E-state index >= 15 is 0 Å². The van der Waals surface area contributed by atoms with E-state index in [2.05, 4.69) is 5.32 Å². The maximum Gasteiger partial charge on any atom is 0.271 e. The summed E-state index contributed by atoms with van der Waals surface area (Å²) in [6.07, 6.45) is 1.52. The molecule has 0 spiro atoms. The zero-order valence-corrected chi connectivity index (χ0v) is 12.4. The normalized spacial score (nSPS) is 11.7. The summed E-state index contributed by atoms with van der Waals surface area (Å²) in [6, 6.07) is 6.96. The first-order valence-electron chi connectivity index (χ1n) is 6.37. The van der Waals surface area contributed by atoms with Gasteiger partial charge < -0.3 is 14.5 Å². The third-order valence-corrected chi connectivity index (χ3v) is 3.13. The molecule has 22 heavy (non-hydrogen) atoms. The number of amides is 1. The molecule has 0 saturated heterocycles. The average molecular weight is 325 g/mol. The largest absolute Gasteiger partial charge is 0.482 e. The summed E-state index contributed by atoms with van der Waals surface area (Å²) in [5.41, 5.74) is -0.145. The van der Waals surface area contributed by atoms with Crippen LogP contribution in [0.4, 0.5) is 5.69 Å². The molecule has 1 atom stereocenters. The number of hydrogen-bond acceptors (Lipinski definition) is 5. The topological polar surface area (TPSA) is 94.6 Å². The summed E-state index contributed by atoms with van der Waals surface area (Å²) in [6.45, 7) is 1.51. The van der Waals surface area contributed by atoms with Crippen LogP contribution < -0.4 is 10.1 Å².